The molecule has 2 atom stereocenters. The Morgan fingerprint density at radius 2 is 0.800 bits per heavy atom. The van der Waals surface area contributed by atoms with Crippen LogP contribution in [0.1, 0.15) is 194 Å². The van der Waals surface area contributed by atoms with Crippen molar-refractivity contribution in [3.63, 3.8) is 0 Å². The smallest absolute Gasteiger partial charge is 0.186 e. The highest BCUT2D eigenvalue weighted by molar-refractivity contribution is 5.98. The lowest BCUT2D eigenvalue weighted by atomic mass is 9.99. The van der Waals surface area contributed by atoms with E-state index in [1.54, 1.807) is 6.08 Å². The van der Waals surface area contributed by atoms with Gasteiger partial charge in [0.05, 0.1) is 0 Å². The van der Waals surface area contributed by atoms with E-state index in [1.165, 1.54) is 141 Å². The van der Waals surface area contributed by atoms with Crippen molar-refractivity contribution < 1.29 is 19.8 Å². The SMILES string of the molecule is CCCCCCCCCCCCCCC=CC(=O)C(O)C(O)C(=O)CCCCCCCCCCCCCCCC. The predicted octanol–water partition coefficient (Wildman–Crippen LogP) is 10.4. The van der Waals surface area contributed by atoms with Crippen molar-refractivity contribution in [2.24, 2.45) is 0 Å². The van der Waals surface area contributed by atoms with Crippen LogP contribution in [0.15, 0.2) is 12.2 Å². The molecule has 0 aliphatic heterocycles. The van der Waals surface area contributed by atoms with E-state index in [2.05, 4.69) is 13.8 Å². The van der Waals surface area contributed by atoms with Crippen molar-refractivity contribution in [2.45, 2.75) is 206 Å². The normalized spacial score (nSPS) is 13.2. The molecule has 0 saturated carbocycles. The summed E-state index contributed by atoms with van der Waals surface area (Å²) in [6.07, 6.45) is 33.9. The first-order chi connectivity index (χ1) is 19.5. The monoisotopic (exact) mass is 565 g/mol. The average Bonchev–Trinajstić information content (AvgIpc) is 2.96. The number of Topliss-reactive ketones (excluding diaryl/α,β-unsaturated/α-hetero) is 1. The van der Waals surface area contributed by atoms with E-state index in [-0.39, 0.29) is 6.42 Å². The van der Waals surface area contributed by atoms with Gasteiger partial charge in [0.2, 0.25) is 0 Å². The van der Waals surface area contributed by atoms with Crippen LogP contribution in [0.3, 0.4) is 0 Å². The Bertz CT molecular complexity index is 585. The van der Waals surface area contributed by atoms with E-state index < -0.39 is 23.8 Å². The minimum atomic E-state index is -1.64. The number of carbonyl (C=O) groups excluding carboxylic acids is 2. The Morgan fingerprint density at radius 1 is 0.475 bits per heavy atom. The molecule has 0 spiro atoms. The largest absolute Gasteiger partial charge is 0.382 e. The summed E-state index contributed by atoms with van der Waals surface area (Å²) < 4.78 is 0. The van der Waals surface area contributed by atoms with Crippen LogP contribution in [0, 0.1) is 0 Å². The van der Waals surface area contributed by atoms with E-state index in [0.29, 0.717) is 6.42 Å². The molecule has 4 heteroatoms. The lowest BCUT2D eigenvalue weighted by Gasteiger charge is -2.14. The molecule has 0 aliphatic rings. The number of unbranched alkanes of at least 4 members (excludes halogenated alkanes) is 25. The molecule has 2 unspecified atom stereocenters. The van der Waals surface area contributed by atoms with E-state index in [9.17, 15) is 19.8 Å². The summed E-state index contributed by atoms with van der Waals surface area (Å²) in [5.41, 5.74) is 0. The second-order valence-electron chi connectivity index (χ2n) is 12.2. The minimum absolute atomic E-state index is 0.228. The molecule has 0 saturated heterocycles. The molecule has 0 amide bonds. The molecule has 0 aromatic heterocycles. The second-order valence-corrected chi connectivity index (χ2v) is 12.2. The van der Waals surface area contributed by atoms with Gasteiger partial charge in [-0.2, -0.15) is 0 Å². The van der Waals surface area contributed by atoms with Gasteiger partial charge in [-0.3, -0.25) is 9.59 Å². The Hall–Kier alpha value is -1.00. The number of aliphatic hydroxyl groups excluding tert-OH is 2. The number of hydrogen-bond acceptors (Lipinski definition) is 4. The lowest BCUT2D eigenvalue weighted by molar-refractivity contribution is -0.141. The lowest BCUT2D eigenvalue weighted by Crippen LogP contribution is -2.38. The fourth-order valence-corrected chi connectivity index (χ4v) is 5.37. The number of allylic oxidation sites excluding steroid dienone is 1. The first kappa shape index (κ1) is 39.0. The van der Waals surface area contributed by atoms with E-state index in [4.69, 9.17) is 0 Å². The van der Waals surface area contributed by atoms with Gasteiger partial charge < -0.3 is 10.2 Å². The zero-order chi connectivity index (χ0) is 29.5. The molecule has 0 heterocycles. The first-order valence-corrected chi connectivity index (χ1v) is 17.6. The third kappa shape index (κ3) is 25.9. The fourth-order valence-electron chi connectivity index (χ4n) is 5.37. The Balaban J connectivity index is 3.63. The third-order valence-electron chi connectivity index (χ3n) is 8.20. The summed E-state index contributed by atoms with van der Waals surface area (Å²) in [5.74, 6) is -0.991. The van der Waals surface area contributed by atoms with Gasteiger partial charge in [0.25, 0.3) is 0 Å². The van der Waals surface area contributed by atoms with E-state index in [0.717, 1.165) is 32.1 Å². The van der Waals surface area contributed by atoms with Crippen LogP contribution in [-0.2, 0) is 9.59 Å². The fraction of sp³-hybridized carbons (Fsp3) is 0.889. The summed E-state index contributed by atoms with van der Waals surface area (Å²) in [4.78, 5) is 24.4. The molecule has 2 N–H and O–H groups in total. The Kier molecular flexibility index (Phi) is 30.2. The molecule has 0 aromatic rings. The molecule has 0 radical (unpaired) electrons. The summed E-state index contributed by atoms with van der Waals surface area (Å²) in [7, 11) is 0. The van der Waals surface area contributed by atoms with Crippen LogP contribution >= 0.6 is 0 Å². The highest BCUT2D eigenvalue weighted by atomic mass is 16.3. The highest BCUT2D eigenvalue weighted by Gasteiger charge is 2.27. The molecule has 4 nitrogen and oxygen atoms in total. The van der Waals surface area contributed by atoms with E-state index >= 15 is 0 Å². The maximum Gasteiger partial charge on any atom is 0.186 e. The predicted molar refractivity (Wildman–Crippen MR) is 172 cm³/mol. The van der Waals surface area contributed by atoms with Gasteiger partial charge in [-0.25, -0.2) is 0 Å². The molecular formula is C36H68O4. The first-order valence-electron chi connectivity index (χ1n) is 17.6. The van der Waals surface area contributed by atoms with Gasteiger partial charge >= 0.3 is 0 Å². The van der Waals surface area contributed by atoms with Crippen molar-refractivity contribution in [2.75, 3.05) is 0 Å². The van der Waals surface area contributed by atoms with Crippen molar-refractivity contribution in [1.82, 2.24) is 0 Å². The number of carbonyl (C=O) groups is 2. The highest BCUT2D eigenvalue weighted by Crippen LogP contribution is 2.15. The summed E-state index contributed by atoms with van der Waals surface area (Å²) in [5, 5.41) is 20.2. The summed E-state index contributed by atoms with van der Waals surface area (Å²) >= 11 is 0. The molecule has 40 heavy (non-hydrogen) atoms. The molecular weight excluding hydrogens is 496 g/mol. The quantitative estimate of drug-likeness (QED) is 0.0629. The van der Waals surface area contributed by atoms with Crippen LogP contribution in [0.4, 0.5) is 0 Å². The Labute approximate surface area is 249 Å². The van der Waals surface area contributed by atoms with Gasteiger partial charge in [-0.15, -0.1) is 0 Å². The number of ketones is 2. The van der Waals surface area contributed by atoms with Crippen LogP contribution in [0.5, 0.6) is 0 Å². The second kappa shape index (κ2) is 30.9. The maximum atomic E-state index is 12.2. The van der Waals surface area contributed by atoms with Crippen molar-refractivity contribution >= 4 is 11.6 Å². The van der Waals surface area contributed by atoms with Gasteiger partial charge in [0, 0.05) is 6.42 Å². The van der Waals surface area contributed by atoms with Crippen LogP contribution < -0.4 is 0 Å². The standard InChI is InChI=1S/C36H68O4/c1-3-5-7-9-11-13-15-17-19-21-23-25-27-29-31-33(37)35(39)36(40)34(38)32-30-28-26-24-22-20-18-16-14-12-10-8-6-4-2/h29,31,35-36,39-40H,3-28,30,32H2,1-2H3. The number of rotatable bonds is 32. The molecule has 0 rings (SSSR count). The molecule has 0 aliphatic carbocycles. The van der Waals surface area contributed by atoms with Gasteiger partial charge in [-0.05, 0) is 25.3 Å². The van der Waals surface area contributed by atoms with Crippen LogP contribution in [-0.4, -0.2) is 34.0 Å². The molecule has 0 fully saturated rings. The van der Waals surface area contributed by atoms with E-state index in [1.807, 2.05) is 0 Å². The van der Waals surface area contributed by atoms with Gasteiger partial charge in [-0.1, -0.05) is 174 Å². The van der Waals surface area contributed by atoms with Crippen molar-refractivity contribution in [3.05, 3.63) is 12.2 Å². The average molecular weight is 565 g/mol. The zero-order valence-corrected chi connectivity index (χ0v) is 26.8. The van der Waals surface area contributed by atoms with Gasteiger partial charge in [0.15, 0.2) is 11.6 Å². The third-order valence-corrected chi connectivity index (χ3v) is 8.20. The van der Waals surface area contributed by atoms with Crippen LogP contribution in [0.25, 0.3) is 0 Å². The molecule has 0 bridgehead atoms. The number of hydrogen-bond donors (Lipinski definition) is 2. The minimum Gasteiger partial charge on any atom is -0.382 e. The van der Waals surface area contributed by atoms with Crippen molar-refractivity contribution in [3.8, 4) is 0 Å². The summed E-state index contributed by atoms with van der Waals surface area (Å²) in [6.45, 7) is 4.51. The number of aliphatic hydroxyl groups is 2. The molecule has 236 valence electrons. The zero-order valence-electron chi connectivity index (χ0n) is 26.8. The summed E-state index contributed by atoms with van der Waals surface area (Å²) in [6, 6.07) is 0. The van der Waals surface area contributed by atoms with Crippen molar-refractivity contribution in [1.29, 1.82) is 0 Å². The Morgan fingerprint density at radius 3 is 1.18 bits per heavy atom. The molecule has 0 aromatic carbocycles. The maximum absolute atomic E-state index is 12.2. The topological polar surface area (TPSA) is 74.6 Å². The van der Waals surface area contributed by atoms with Crippen LogP contribution in [0.2, 0.25) is 0 Å². The van der Waals surface area contributed by atoms with Gasteiger partial charge in [0.1, 0.15) is 12.2 Å².